The second kappa shape index (κ2) is 4.24. The highest BCUT2D eigenvalue weighted by Gasteiger charge is 1.79. The van der Waals surface area contributed by atoms with Crippen LogP contribution in [0.1, 0.15) is 6.92 Å². The third-order valence-electron chi connectivity index (χ3n) is 0.666. The molecular weight excluding hydrogens is 100 g/mol. The zero-order valence-electron chi connectivity index (χ0n) is 5.20. The Bertz CT molecular complexity index is 86.5. The second-order valence-electron chi connectivity index (χ2n) is 1.36. The first-order valence-corrected chi connectivity index (χ1v) is 2.61. The highest BCUT2D eigenvalue weighted by Crippen LogP contribution is 1.71. The van der Waals surface area contributed by atoms with Crippen molar-refractivity contribution < 1.29 is 0 Å². The topological polar surface area (TPSA) is 24.1 Å². The molecule has 0 atom stereocenters. The summed E-state index contributed by atoms with van der Waals surface area (Å²) in [6.45, 7) is 10.0. The van der Waals surface area contributed by atoms with Crippen LogP contribution < -0.4 is 10.6 Å². The van der Waals surface area contributed by atoms with Gasteiger partial charge in [-0.2, -0.15) is 0 Å². The minimum Gasteiger partial charge on any atom is -0.372 e. The molecule has 0 aliphatic heterocycles. The lowest BCUT2D eigenvalue weighted by Gasteiger charge is -2.03. The van der Waals surface area contributed by atoms with Gasteiger partial charge in [-0.3, -0.25) is 0 Å². The van der Waals surface area contributed by atoms with Gasteiger partial charge in [0.1, 0.15) is 0 Å². The van der Waals surface area contributed by atoms with Crippen LogP contribution in [-0.4, -0.2) is 6.54 Å². The Labute approximate surface area is 50.3 Å². The molecule has 0 fully saturated rings. The Balaban J connectivity index is 3.18. The van der Waals surface area contributed by atoms with E-state index in [2.05, 4.69) is 23.8 Å². The standard InChI is InChI=1S/C6H12N2/c1-4-7-6(3)8-5-2/h4,7-8H,1,3,5H2,2H3. The third kappa shape index (κ3) is 3.28. The van der Waals surface area contributed by atoms with E-state index in [9.17, 15) is 0 Å². The molecule has 0 spiro atoms. The molecule has 2 heteroatoms. The van der Waals surface area contributed by atoms with E-state index in [1.54, 1.807) is 6.20 Å². The Morgan fingerprint density at radius 1 is 1.75 bits per heavy atom. The van der Waals surface area contributed by atoms with Crippen molar-refractivity contribution in [3.63, 3.8) is 0 Å². The average molecular weight is 112 g/mol. The molecule has 0 saturated heterocycles. The molecule has 0 saturated carbocycles. The molecule has 0 aliphatic carbocycles. The van der Waals surface area contributed by atoms with Gasteiger partial charge >= 0.3 is 0 Å². The van der Waals surface area contributed by atoms with Crippen molar-refractivity contribution in [3.05, 3.63) is 25.2 Å². The first-order valence-electron chi connectivity index (χ1n) is 2.61. The maximum Gasteiger partial charge on any atom is 0.0952 e. The van der Waals surface area contributed by atoms with Crippen LogP contribution in [0.5, 0.6) is 0 Å². The predicted octanol–water partition coefficient (Wildman–Crippen LogP) is 0.800. The van der Waals surface area contributed by atoms with E-state index < -0.39 is 0 Å². The van der Waals surface area contributed by atoms with Crippen LogP contribution in [-0.2, 0) is 0 Å². The summed E-state index contributed by atoms with van der Waals surface area (Å²) in [7, 11) is 0. The highest BCUT2D eigenvalue weighted by molar-refractivity contribution is 4.91. The van der Waals surface area contributed by atoms with Gasteiger partial charge in [0, 0.05) is 6.54 Å². The largest absolute Gasteiger partial charge is 0.372 e. The Kier molecular flexibility index (Phi) is 3.76. The molecule has 0 amide bonds. The van der Waals surface area contributed by atoms with Crippen molar-refractivity contribution in [1.82, 2.24) is 10.6 Å². The van der Waals surface area contributed by atoms with E-state index in [1.807, 2.05) is 6.92 Å². The normalized spacial score (nSPS) is 7.62. The SMILES string of the molecule is C=CNC(=C)NCC. The van der Waals surface area contributed by atoms with Crippen molar-refractivity contribution in [2.75, 3.05) is 6.54 Å². The molecule has 46 valence electrons. The summed E-state index contributed by atoms with van der Waals surface area (Å²) in [5.41, 5.74) is 0. The van der Waals surface area contributed by atoms with Crippen LogP contribution in [0.4, 0.5) is 0 Å². The van der Waals surface area contributed by atoms with Crippen molar-refractivity contribution in [2.24, 2.45) is 0 Å². The summed E-state index contributed by atoms with van der Waals surface area (Å²) in [5, 5.41) is 5.77. The maximum absolute atomic E-state index is 3.64. The van der Waals surface area contributed by atoms with Crippen LogP contribution in [0.3, 0.4) is 0 Å². The van der Waals surface area contributed by atoms with Crippen molar-refractivity contribution in [3.8, 4) is 0 Å². The Hall–Kier alpha value is -0.920. The number of nitrogens with one attached hydrogen (secondary N) is 2. The summed E-state index contributed by atoms with van der Waals surface area (Å²) in [4.78, 5) is 0. The molecule has 0 unspecified atom stereocenters. The lowest BCUT2D eigenvalue weighted by Crippen LogP contribution is -2.20. The van der Waals surface area contributed by atoms with Crippen LogP contribution >= 0.6 is 0 Å². The van der Waals surface area contributed by atoms with Crippen LogP contribution in [0.25, 0.3) is 0 Å². The number of rotatable bonds is 4. The van der Waals surface area contributed by atoms with E-state index in [0.29, 0.717) is 0 Å². The molecule has 0 radical (unpaired) electrons. The lowest BCUT2D eigenvalue weighted by atomic mass is 10.7. The average Bonchev–Trinajstić information content (AvgIpc) is 1.68. The minimum atomic E-state index is 0.794. The molecular formula is C6H12N2. The lowest BCUT2D eigenvalue weighted by molar-refractivity contribution is 0.792. The number of hydrogen-bond donors (Lipinski definition) is 2. The quantitative estimate of drug-likeness (QED) is 0.562. The van der Waals surface area contributed by atoms with Crippen molar-refractivity contribution in [1.29, 1.82) is 0 Å². The second-order valence-corrected chi connectivity index (χ2v) is 1.36. The van der Waals surface area contributed by atoms with Gasteiger partial charge in [0.15, 0.2) is 0 Å². The van der Waals surface area contributed by atoms with Gasteiger partial charge in [0.2, 0.25) is 0 Å². The highest BCUT2D eigenvalue weighted by atomic mass is 15.1. The van der Waals surface area contributed by atoms with E-state index in [0.717, 1.165) is 12.4 Å². The predicted molar refractivity (Wildman–Crippen MR) is 36.1 cm³/mol. The smallest absolute Gasteiger partial charge is 0.0952 e. The van der Waals surface area contributed by atoms with Gasteiger partial charge in [0.05, 0.1) is 5.82 Å². The van der Waals surface area contributed by atoms with E-state index >= 15 is 0 Å². The minimum absolute atomic E-state index is 0.794. The van der Waals surface area contributed by atoms with Crippen LogP contribution in [0, 0.1) is 0 Å². The molecule has 0 heterocycles. The van der Waals surface area contributed by atoms with Crippen LogP contribution in [0.15, 0.2) is 25.2 Å². The molecule has 0 aromatic carbocycles. The fourth-order valence-corrected chi connectivity index (χ4v) is 0.388. The van der Waals surface area contributed by atoms with E-state index in [-0.39, 0.29) is 0 Å². The molecule has 0 aliphatic rings. The third-order valence-corrected chi connectivity index (χ3v) is 0.666. The van der Waals surface area contributed by atoms with Crippen LogP contribution in [0.2, 0.25) is 0 Å². The van der Waals surface area contributed by atoms with Gasteiger partial charge in [-0.15, -0.1) is 0 Å². The first-order chi connectivity index (χ1) is 3.81. The summed E-state index contributed by atoms with van der Waals surface area (Å²) in [5.74, 6) is 0.794. The van der Waals surface area contributed by atoms with Gasteiger partial charge in [-0.05, 0) is 13.1 Å². The monoisotopic (exact) mass is 112 g/mol. The molecule has 0 aromatic heterocycles. The fraction of sp³-hybridized carbons (Fsp3) is 0.333. The van der Waals surface area contributed by atoms with Gasteiger partial charge in [0.25, 0.3) is 0 Å². The first kappa shape index (κ1) is 7.08. The zero-order valence-corrected chi connectivity index (χ0v) is 5.20. The van der Waals surface area contributed by atoms with Crippen molar-refractivity contribution >= 4 is 0 Å². The summed E-state index contributed by atoms with van der Waals surface area (Å²) in [6.07, 6.45) is 1.59. The summed E-state index contributed by atoms with van der Waals surface area (Å²) in [6, 6.07) is 0. The number of hydrogen-bond acceptors (Lipinski definition) is 2. The molecule has 8 heavy (non-hydrogen) atoms. The van der Waals surface area contributed by atoms with Gasteiger partial charge < -0.3 is 10.6 Å². The molecule has 2 nitrogen and oxygen atoms in total. The Morgan fingerprint density at radius 3 is 2.75 bits per heavy atom. The fourth-order valence-electron chi connectivity index (χ4n) is 0.388. The van der Waals surface area contributed by atoms with E-state index in [4.69, 9.17) is 0 Å². The maximum atomic E-state index is 3.64. The molecule has 0 bridgehead atoms. The molecule has 0 aromatic rings. The van der Waals surface area contributed by atoms with Crippen molar-refractivity contribution in [2.45, 2.75) is 6.92 Å². The van der Waals surface area contributed by atoms with E-state index in [1.165, 1.54) is 0 Å². The van der Waals surface area contributed by atoms with Gasteiger partial charge in [-0.25, -0.2) is 0 Å². The Morgan fingerprint density at radius 2 is 2.38 bits per heavy atom. The molecule has 2 N–H and O–H groups in total. The molecule has 0 rings (SSSR count). The van der Waals surface area contributed by atoms with Gasteiger partial charge in [-0.1, -0.05) is 13.2 Å². The zero-order chi connectivity index (χ0) is 6.41. The summed E-state index contributed by atoms with van der Waals surface area (Å²) < 4.78 is 0. The summed E-state index contributed by atoms with van der Waals surface area (Å²) >= 11 is 0.